The molecule has 1 heterocycles. The highest BCUT2D eigenvalue weighted by Gasteiger charge is 2.28. The number of thioether (sulfide) groups is 1. The Hall–Kier alpha value is -2.61. The molecule has 1 aliphatic rings. The Kier molecular flexibility index (Phi) is 6.97. The summed E-state index contributed by atoms with van der Waals surface area (Å²) in [4.78, 5) is 36.7. The van der Waals surface area contributed by atoms with E-state index in [1.165, 1.54) is 24.3 Å². The molecule has 1 aromatic carbocycles. The van der Waals surface area contributed by atoms with Gasteiger partial charge in [0.05, 0.1) is 5.75 Å². The molecule has 1 amide bonds. The highest BCUT2D eigenvalue weighted by atomic mass is 32.2. The fraction of sp³-hybridized carbons (Fsp3) is 0.409. The van der Waals surface area contributed by atoms with Crippen LogP contribution in [0.1, 0.15) is 47.6 Å². The molecular weight excluding hydrogens is 407 g/mol. The molecule has 1 fully saturated rings. The van der Waals surface area contributed by atoms with Crippen molar-refractivity contribution in [2.45, 2.75) is 44.9 Å². The number of aromatic nitrogens is 1. The standard InChI is InChI=1S/C22H25FN2O4S/c1-13-10-19(14(2)25(13)18-8-9-18)20(26)11-29-22(28)15(3)30-12-21(27)24-17-6-4-16(23)5-7-17/h4-7,10,15,18H,8-9,11-12H2,1-3H3,(H,24,27). The summed E-state index contributed by atoms with van der Waals surface area (Å²) in [5.74, 6) is -1.43. The molecule has 0 spiro atoms. The number of amides is 1. The molecule has 1 saturated carbocycles. The number of hydrogen-bond donors (Lipinski definition) is 1. The summed E-state index contributed by atoms with van der Waals surface area (Å²) in [6, 6.07) is 7.75. The van der Waals surface area contributed by atoms with Crippen LogP contribution in [-0.4, -0.2) is 39.8 Å². The smallest absolute Gasteiger partial charge is 0.319 e. The van der Waals surface area contributed by atoms with Gasteiger partial charge in [0.1, 0.15) is 11.1 Å². The normalized spacial score (nSPS) is 14.3. The van der Waals surface area contributed by atoms with Crippen LogP contribution < -0.4 is 5.32 Å². The van der Waals surface area contributed by atoms with Crippen LogP contribution in [0.25, 0.3) is 0 Å². The van der Waals surface area contributed by atoms with Crippen LogP contribution in [0.15, 0.2) is 30.3 Å². The molecule has 0 saturated heterocycles. The van der Waals surface area contributed by atoms with Gasteiger partial charge in [0.25, 0.3) is 0 Å². The van der Waals surface area contributed by atoms with E-state index >= 15 is 0 Å². The summed E-state index contributed by atoms with van der Waals surface area (Å²) < 4.78 is 20.2. The van der Waals surface area contributed by atoms with Gasteiger partial charge in [0.15, 0.2) is 6.61 Å². The van der Waals surface area contributed by atoms with Gasteiger partial charge in [-0.15, -0.1) is 11.8 Å². The third-order valence-electron chi connectivity index (χ3n) is 4.97. The number of hydrogen-bond acceptors (Lipinski definition) is 5. The van der Waals surface area contributed by atoms with Crippen LogP contribution in [0.5, 0.6) is 0 Å². The highest BCUT2D eigenvalue weighted by molar-refractivity contribution is 8.01. The number of carbonyl (C=O) groups excluding carboxylic acids is 3. The molecule has 30 heavy (non-hydrogen) atoms. The van der Waals surface area contributed by atoms with E-state index in [0.29, 0.717) is 17.3 Å². The third-order valence-corrected chi connectivity index (χ3v) is 6.09. The number of aryl methyl sites for hydroxylation is 1. The molecule has 0 aliphatic heterocycles. The van der Waals surface area contributed by atoms with Gasteiger partial charge in [-0.2, -0.15) is 0 Å². The maximum absolute atomic E-state index is 12.9. The first-order valence-electron chi connectivity index (χ1n) is 9.81. The van der Waals surface area contributed by atoms with Crippen molar-refractivity contribution in [1.82, 2.24) is 4.57 Å². The first-order chi connectivity index (χ1) is 14.3. The number of nitrogens with one attached hydrogen (secondary N) is 1. The zero-order valence-electron chi connectivity index (χ0n) is 17.2. The van der Waals surface area contributed by atoms with E-state index in [-0.39, 0.29) is 29.9 Å². The predicted octanol–water partition coefficient (Wildman–Crippen LogP) is 4.07. The Morgan fingerprint density at radius 3 is 2.53 bits per heavy atom. The fourth-order valence-electron chi connectivity index (χ4n) is 3.28. The molecule has 6 nitrogen and oxygen atoms in total. The minimum atomic E-state index is -0.601. The van der Waals surface area contributed by atoms with Crippen LogP contribution in [-0.2, 0) is 14.3 Å². The van der Waals surface area contributed by atoms with Crippen LogP contribution >= 0.6 is 11.8 Å². The second kappa shape index (κ2) is 9.47. The van der Waals surface area contributed by atoms with Crippen LogP contribution in [0.3, 0.4) is 0 Å². The molecule has 1 aliphatic carbocycles. The van der Waals surface area contributed by atoms with Gasteiger partial charge in [-0.05, 0) is 63.9 Å². The third kappa shape index (κ3) is 5.50. The SMILES string of the molecule is Cc1cc(C(=O)COC(=O)C(C)SCC(=O)Nc2ccc(F)cc2)c(C)n1C1CC1. The summed E-state index contributed by atoms with van der Waals surface area (Å²) in [6.45, 7) is 5.20. The van der Waals surface area contributed by atoms with Crippen LogP contribution in [0, 0.1) is 19.7 Å². The molecule has 0 radical (unpaired) electrons. The zero-order chi connectivity index (χ0) is 21.8. The molecule has 160 valence electrons. The Morgan fingerprint density at radius 2 is 1.90 bits per heavy atom. The van der Waals surface area contributed by atoms with E-state index < -0.39 is 11.2 Å². The molecule has 0 bridgehead atoms. The van der Waals surface area contributed by atoms with Gasteiger partial charge < -0.3 is 14.6 Å². The first-order valence-corrected chi connectivity index (χ1v) is 10.9. The largest absolute Gasteiger partial charge is 0.456 e. The molecule has 8 heteroatoms. The van der Waals surface area contributed by atoms with Gasteiger partial charge in [0, 0.05) is 28.7 Å². The fourth-order valence-corrected chi connectivity index (χ4v) is 3.96. The number of ketones is 1. The lowest BCUT2D eigenvalue weighted by Crippen LogP contribution is -2.23. The Labute approximate surface area is 179 Å². The summed E-state index contributed by atoms with van der Waals surface area (Å²) >= 11 is 1.11. The van der Waals surface area contributed by atoms with Crippen molar-refractivity contribution >= 4 is 35.1 Å². The van der Waals surface area contributed by atoms with Crippen molar-refractivity contribution in [2.24, 2.45) is 0 Å². The number of carbonyl (C=O) groups is 3. The summed E-state index contributed by atoms with van der Waals surface area (Å²) in [6.07, 6.45) is 2.25. The van der Waals surface area contributed by atoms with E-state index in [1.54, 1.807) is 6.92 Å². The zero-order valence-corrected chi connectivity index (χ0v) is 18.1. The summed E-state index contributed by atoms with van der Waals surface area (Å²) in [5, 5.41) is 2.03. The highest BCUT2D eigenvalue weighted by Crippen LogP contribution is 2.38. The molecule has 2 aromatic rings. The van der Waals surface area contributed by atoms with Gasteiger partial charge in [-0.25, -0.2) is 4.39 Å². The molecule has 1 aromatic heterocycles. The van der Waals surface area contributed by atoms with Crippen molar-refractivity contribution in [2.75, 3.05) is 17.7 Å². The quantitative estimate of drug-likeness (QED) is 0.478. The van der Waals surface area contributed by atoms with Gasteiger partial charge in [-0.3, -0.25) is 14.4 Å². The Morgan fingerprint density at radius 1 is 1.23 bits per heavy atom. The summed E-state index contributed by atoms with van der Waals surface area (Å²) in [7, 11) is 0. The first kappa shape index (κ1) is 22.1. The van der Waals surface area contributed by atoms with E-state index in [1.807, 2.05) is 19.9 Å². The average molecular weight is 433 g/mol. The number of benzene rings is 1. The van der Waals surface area contributed by atoms with Crippen molar-refractivity contribution in [3.8, 4) is 0 Å². The van der Waals surface area contributed by atoms with Crippen molar-refractivity contribution in [3.05, 3.63) is 53.1 Å². The molecular formula is C22H25FN2O4S. The number of Topliss-reactive ketones (excluding diaryl/α,β-unsaturated/α-hetero) is 1. The predicted molar refractivity (Wildman–Crippen MR) is 114 cm³/mol. The monoisotopic (exact) mass is 432 g/mol. The lowest BCUT2D eigenvalue weighted by atomic mass is 10.1. The van der Waals surface area contributed by atoms with E-state index in [0.717, 1.165) is 36.0 Å². The maximum Gasteiger partial charge on any atom is 0.319 e. The Balaban J connectivity index is 1.44. The molecule has 3 rings (SSSR count). The average Bonchev–Trinajstić information content (AvgIpc) is 3.50. The number of nitrogens with zero attached hydrogens (tertiary/aromatic N) is 1. The number of esters is 1. The number of anilines is 1. The molecule has 1 N–H and O–H groups in total. The van der Waals surface area contributed by atoms with Crippen LogP contribution in [0.2, 0.25) is 0 Å². The van der Waals surface area contributed by atoms with Crippen molar-refractivity contribution < 1.29 is 23.5 Å². The van der Waals surface area contributed by atoms with E-state index in [9.17, 15) is 18.8 Å². The van der Waals surface area contributed by atoms with Crippen LogP contribution in [0.4, 0.5) is 10.1 Å². The summed E-state index contributed by atoms with van der Waals surface area (Å²) in [5.41, 5.74) is 3.02. The minimum absolute atomic E-state index is 0.0319. The van der Waals surface area contributed by atoms with E-state index in [4.69, 9.17) is 4.74 Å². The Bertz CT molecular complexity index is 951. The van der Waals surface area contributed by atoms with Gasteiger partial charge >= 0.3 is 5.97 Å². The van der Waals surface area contributed by atoms with Crippen molar-refractivity contribution in [3.63, 3.8) is 0 Å². The van der Waals surface area contributed by atoms with Gasteiger partial charge in [-0.1, -0.05) is 0 Å². The second-order valence-corrected chi connectivity index (χ2v) is 8.75. The molecule has 1 unspecified atom stereocenters. The lowest BCUT2D eigenvalue weighted by molar-refractivity contribution is -0.141. The van der Waals surface area contributed by atoms with E-state index in [2.05, 4.69) is 9.88 Å². The van der Waals surface area contributed by atoms with Crippen molar-refractivity contribution in [1.29, 1.82) is 0 Å². The maximum atomic E-state index is 12.9. The molecule has 1 atom stereocenters. The number of ether oxygens (including phenoxy) is 1. The number of rotatable bonds is 9. The number of halogens is 1. The second-order valence-electron chi connectivity index (χ2n) is 7.43. The van der Waals surface area contributed by atoms with Gasteiger partial charge in [0.2, 0.25) is 11.7 Å². The topological polar surface area (TPSA) is 77.4 Å². The minimum Gasteiger partial charge on any atom is -0.456 e. The lowest BCUT2D eigenvalue weighted by Gasteiger charge is -2.11.